The first-order valence-corrected chi connectivity index (χ1v) is 22.5. The Morgan fingerprint density at radius 3 is 1.25 bits per heavy atom. The van der Waals surface area contributed by atoms with Crippen molar-refractivity contribution >= 4 is 55.7 Å². The summed E-state index contributed by atoms with van der Waals surface area (Å²) in [6.45, 7) is 0. The van der Waals surface area contributed by atoms with E-state index < -0.39 is 5.41 Å². The number of rotatable bonds is 7. The molecule has 0 bridgehead atoms. The number of hydrogen-bond acceptors (Lipinski definition) is 2. The average Bonchev–Trinajstić information content (AvgIpc) is 3.86. The molecule has 2 heteroatoms. The number of hydrogen-bond donors (Lipinski definition) is 0. The van der Waals surface area contributed by atoms with Gasteiger partial charge in [0.2, 0.25) is 0 Å². The van der Waals surface area contributed by atoms with Crippen molar-refractivity contribution in [3.63, 3.8) is 0 Å². The van der Waals surface area contributed by atoms with Crippen molar-refractivity contribution in [1.29, 1.82) is 0 Å². The molecule has 1 unspecified atom stereocenters. The van der Waals surface area contributed by atoms with Gasteiger partial charge in [-0.1, -0.05) is 182 Å². The first-order valence-electron chi connectivity index (χ1n) is 22.5. The number of nitrogens with zero attached hydrogens (tertiary/aromatic N) is 2. The minimum absolute atomic E-state index is 0.498. The molecule has 1 atom stereocenters. The molecule has 65 heavy (non-hydrogen) atoms. The van der Waals surface area contributed by atoms with E-state index in [4.69, 9.17) is 0 Å². The molecule has 0 aromatic heterocycles. The smallest absolute Gasteiger partial charge is 0.0731 e. The molecule has 0 saturated carbocycles. The molecule has 0 heterocycles. The quantitative estimate of drug-likeness (QED) is 0.148. The number of fused-ring (bicyclic) bond motifs is 15. The standard InChI is InChI=1S/C63H42N2/c1-4-18-43(19-5-1)44-32-34-47(35-33-44)65(49-38-36-48(37-39-49)64(45-20-6-2-7-21-45)46-22-8-3-9-23-46)50-40-41-60-57(42-50)53-26-14-16-30-58(53)63(60)59-31-17-15-29-56(59)61-54-27-12-10-24-51(54)52-25-11-13-28-55(52)62(61)63/h1-42H. The maximum atomic E-state index is 2.45. The Kier molecular flexibility index (Phi) is 8.47. The first-order chi connectivity index (χ1) is 32.3. The molecular formula is C63H42N2. The monoisotopic (exact) mass is 826 g/mol. The van der Waals surface area contributed by atoms with E-state index in [1.54, 1.807) is 0 Å². The molecule has 2 aliphatic rings. The SMILES string of the molecule is c1ccc(-c2ccc(N(c3ccc(N(c4ccccc4)c4ccccc4)cc3)c3ccc4c(c3)-c3ccccc3C43c4ccccc4-c4c3c3ccccc3c3ccccc43)cc2)cc1. The van der Waals surface area contributed by atoms with Crippen LogP contribution in [0.5, 0.6) is 0 Å². The van der Waals surface area contributed by atoms with Gasteiger partial charge in [0, 0.05) is 34.1 Å². The van der Waals surface area contributed by atoms with Gasteiger partial charge >= 0.3 is 0 Å². The third-order valence-electron chi connectivity index (χ3n) is 13.8. The van der Waals surface area contributed by atoms with Crippen LogP contribution in [0.25, 0.3) is 54.9 Å². The molecule has 11 aromatic carbocycles. The summed E-state index contributed by atoms with van der Waals surface area (Å²) >= 11 is 0. The van der Waals surface area contributed by atoms with Crippen LogP contribution in [0.1, 0.15) is 22.3 Å². The van der Waals surface area contributed by atoms with Crippen molar-refractivity contribution in [3.8, 4) is 33.4 Å². The van der Waals surface area contributed by atoms with Crippen LogP contribution in [-0.2, 0) is 5.41 Å². The second-order valence-electron chi connectivity index (χ2n) is 17.2. The summed E-state index contributed by atoms with van der Waals surface area (Å²) < 4.78 is 0. The predicted molar refractivity (Wildman–Crippen MR) is 273 cm³/mol. The Hall–Kier alpha value is -8.46. The van der Waals surface area contributed by atoms with E-state index in [9.17, 15) is 0 Å². The van der Waals surface area contributed by atoms with E-state index >= 15 is 0 Å². The van der Waals surface area contributed by atoms with Gasteiger partial charge in [-0.15, -0.1) is 0 Å². The van der Waals surface area contributed by atoms with Crippen LogP contribution >= 0.6 is 0 Å². The van der Waals surface area contributed by atoms with Crippen molar-refractivity contribution in [3.05, 3.63) is 277 Å². The summed E-state index contributed by atoms with van der Waals surface area (Å²) in [6.07, 6.45) is 0. The lowest BCUT2D eigenvalue weighted by Gasteiger charge is -2.32. The lowest BCUT2D eigenvalue weighted by atomic mass is 9.69. The Morgan fingerprint density at radius 1 is 0.246 bits per heavy atom. The van der Waals surface area contributed by atoms with Crippen molar-refractivity contribution in [1.82, 2.24) is 0 Å². The molecule has 0 N–H and O–H groups in total. The predicted octanol–water partition coefficient (Wildman–Crippen LogP) is 16.9. The van der Waals surface area contributed by atoms with Gasteiger partial charge in [-0.25, -0.2) is 0 Å². The van der Waals surface area contributed by atoms with Gasteiger partial charge in [-0.05, 0) is 150 Å². The zero-order valence-electron chi connectivity index (χ0n) is 35.6. The lowest BCUT2D eigenvalue weighted by molar-refractivity contribution is 0.802. The van der Waals surface area contributed by atoms with Crippen LogP contribution in [0.2, 0.25) is 0 Å². The Morgan fingerprint density at radius 2 is 0.631 bits per heavy atom. The highest BCUT2D eigenvalue weighted by Crippen LogP contribution is 2.65. The summed E-state index contributed by atoms with van der Waals surface area (Å²) in [6, 6.07) is 93.5. The highest BCUT2D eigenvalue weighted by Gasteiger charge is 2.53. The molecule has 0 fully saturated rings. The van der Waals surface area contributed by atoms with E-state index in [0.29, 0.717) is 0 Å². The van der Waals surface area contributed by atoms with Crippen LogP contribution in [0.15, 0.2) is 255 Å². The Labute approximate surface area is 379 Å². The van der Waals surface area contributed by atoms with E-state index in [1.165, 1.54) is 77.2 Å². The first kappa shape index (κ1) is 37.1. The highest BCUT2D eigenvalue weighted by molar-refractivity contribution is 6.20. The normalized spacial score (nSPS) is 14.2. The maximum absolute atomic E-state index is 2.45. The Balaban J connectivity index is 1.02. The van der Waals surface area contributed by atoms with Crippen molar-refractivity contribution in [2.24, 2.45) is 0 Å². The summed E-state index contributed by atoms with van der Waals surface area (Å²) in [7, 11) is 0. The fourth-order valence-corrected chi connectivity index (χ4v) is 11.2. The third-order valence-corrected chi connectivity index (χ3v) is 13.8. The summed E-state index contributed by atoms with van der Waals surface area (Å²) in [5.74, 6) is 0. The molecule has 0 radical (unpaired) electrons. The molecular weight excluding hydrogens is 785 g/mol. The van der Waals surface area contributed by atoms with Crippen molar-refractivity contribution in [2.75, 3.05) is 9.80 Å². The largest absolute Gasteiger partial charge is 0.311 e. The molecule has 1 spiro atoms. The maximum Gasteiger partial charge on any atom is 0.0731 e. The third kappa shape index (κ3) is 5.60. The van der Waals surface area contributed by atoms with Crippen LogP contribution < -0.4 is 9.80 Å². The molecule has 304 valence electrons. The fraction of sp³-hybridized carbons (Fsp3) is 0.0159. The van der Waals surface area contributed by atoms with Crippen LogP contribution in [0.3, 0.4) is 0 Å². The topological polar surface area (TPSA) is 6.48 Å². The minimum atomic E-state index is -0.498. The summed E-state index contributed by atoms with van der Waals surface area (Å²) in [4.78, 5) is 4.74. The molecule has 0 aliphatic heterocycles. The van der Waals surface area contributed by atoms with Crippen LogP contribution in [0.4, 0.5) is 34.1 Å². The van der Waals surface area contributed by atoms with E-state index in [1.807, 2.05) is 0 Å². The average molecular weight is 827 g/mol. The van der Waals surface area contributed by atoms with Gasteiger partial charge in [0.25, 0.3) is 0 Å². The number of para-hydroxylation sites is 2. The minimum Gasteiger partial charge on any atom is -0.311 e. The van der Waals surface area contributed by atoms with E-state index in [2.05, 4.69) is 265 Å². The zero-order valence-corrected chi connectivity index (χ0v) is 35.6. The van der Waals surface area contributed by atoms with Gasteiger partial charge < -0.3 is 9.80 Å². The van der Waals surface area contributed by atoms with Crippen LogP contribution in [0, 0.1) is 0 Å². The summed E-state index contributed by atoms with van der Waals surface area (Å²) in [5, 5.41) is 5.21. The molecule has 0 amide bonds. The second kappa shape index (κ2) is 14.8. The van der Waals surface area contributed by atoms with Gasteiger partial charge in [0.05, 0.1) is 5.41 Å². The van der Waals surface area contributed by atoms with Crippen LogP contribution in [-0.4, -0.2) is 0 Å². The molecule has 2 aliphatic carbocycles. The molecule has 11 aromatic rings. The fourth-order valence-electron chi connectivity index (χ4n) is 11.2. The number of benzene rings is 11. The second-order valence-corrected chi connectivity index (χ2v) is 17.2. The van der Waals surface area contributed by atoms with Crippen molar-refractivity contribution < 1.29 is 0 Å². The number of anilines is 6. The highest BCUT2D eigenvalue weighted by atomic mass is 15.2. The van der Waals surface area contributed by atoms with E-state index in [-0.39, 0.29) is 0 Å². The van der Waals surface area contributed by atoms with Gasteiger partial charge in [0.1, 0.15) is 0 Å². The summed E-state index contributed by atoms with van der Waals surface area (Å²) in [5.41, 5.74) is 19.1. The van der Waals surface area contributed by atoms with Gasteiger partial charge in [-0.2, -0.15) is 0 Å². The molecule has 13 rings (SSSR count). The van der Waals surface area contributed by atoms with E-state index in [0.717, 1.165) is 34.1 Å². The van der Waals surface area contributed by atoms with Crippen molar-refractivity contribution in [2.45, 2.75) is 5.41 Å². The molecule has 2 nitrogen and oxygen atoms in total. The zero-order chi connectivity index (χ0) is 42.9. The lowest BCUT2D eigenvalue weighted by Crippen LogP contribution is -2.26. The van der Waals surface area contributed by atoms with Gasteiger partial charge in [-0.3, -0.25) is 0 Å². The van der Waals surface area contributed by atoms with Gasteiger partial charge in [0.15, 0.2) is 0 Å². The molecule has 0 saturated heterocycles. The Bertz CT molecular complexity index is 3540.